The highest BCUT2D eigenvalue weighted by Crippen LogP contribution is 2.28. The molecule has 1 aromatic heterocycles. The van der Waals surface area contributed by atoms with Gasteiger partial charge in [-0.3, -0.25) is 0 Å². The second-order valence-electron chi connectivity index (χ2n) is 4.81. The second-order valence-corrected chi connectivity index (χ2v) is 7.26. The minimum absolute atomic E-state index is 0.0928. The molecule has 0 saturated carbocycles. The van der Waals surface area contributed by atoms with Crippen molar-refractivity contribution in [2.45, 2.75) is 25.3 Å². The Morgan fingerprint density at radius 3 is 2.57 bits per heavy atom. The molecule has 0 unspecified atom stereocenters. The predicted molar refractivity (Wildman–Crippen MR) is 80.5 cm³/mol. The van der Waals surface area contributed by atoms with Crippen LogP contribution in [-0.4, -0.2) is 24.9 Å². The summed E-state index contributed by atoms with van der Waals surface area (Å²) in [6, 6.07) is 4.61. The number of halogens is 1. The summed E-state index contributed by atoms with van der Waals surface area (Å²) in [5.41, 5.74) is 7.13. The van der Waals surface area contributed by atoms with Crippen molar-refractivity contribution in [1.82, 2.24) is 9.46 Å². The van der Waals surface area contributed by atoms with Gasteiger partial charge in [0.25, 0.3) is 0 Å². The van der Waals surface area contributed by atoms with Crippen LogP contribution < -0.4 is 5.73 Å². The van der Waals surface area contributed by atoms with Gasteiger partial charge in [-0.25, -0.2) is 8.42 Å². The van der Waals surface area contributed by atoms with Gasteiger partial charge in [-0.05, 0) is 31.5 Å². The van der Waals surface area contributed by atoms with E-state index in [-0.39, 0.29) is 16.5 Å². The number of sulfonamides is 1. The Hall–Kier alpha value is -1.57. The molecule has 0 saturated heterocycles. The monoisotopic (exact) mass is 329 g/mol. The summed E-state index contributed by atoms with van der Waals surface area (Å²) in [5, 5.41) is 4.07. The van der Waals surface area contributed by atoms with Crippen molar-refractivity contribution in [2.24, 2.45) is 0 Å². The molecule has 2 N–H and O–H groups in total. The van der Waals surface area contributed by atoms with Crippen LogP contribution in [0.15, 0.2) is 27.6 Å². The molecule has 1 aromatic carbocycles. The summed E-state index contributed by atoms with van der Waals surface area (Å²) in [6.45, 7) is 3.49. The lowest BCUT2D eigenvalue weighted by molar-refractivity contribution is 0.378. The number of rotatable bonds is 4. The predicted octanol–water partition coefficient (Wildman–Crippen LogP) is 2.35. The lowest BCUT2D eigenvalue weighted by atomic mass is 10.2. The van der Waals surface area contributed by atoms with Gasteiger partial charge < -0.3 is 10.3 Å². The summed E-state index contributed by atoms with van der Waals surface area (Å²) in [7, 11) is -2.25. The smallest absolute Gasteiger partial charge is 0.243 e. The van der Waals surface area contributed by atoms with Gasteiger partial charge in [0.2, 0.25) is 10.0 Å². The first-order chi connectivity index (χ1) is 9.71. The number of aromatic nitrogens is 1. The van der Waals surface area contributed by atoms with Crippen LogP contribution in [0, 0.1) is 13.8 Å². The molecule has 0 aliphatic carbocycles. The molecule has 0 amide bonds. The van der Waals surface area contributed by atoms with Gasteiger partial charge in [-0.1, -0.05) is 16.8 Å². The average molecular weight is 330 g/mol. The maximum Gasteiger partial charge on any atom is 0.243 e. The Morgan fingerprint density at radius 2 is 2.00 bits per heavy atom. The maximum atomic E-state index is 12.6. The van der Waals surface area contributed by atoms with Crippen LogP contribution in [0.25, 0.3) is 0 Å². The van der Waals surface area contributed by atoms with E-state index in [1.165, 1.54) is 23.5 Å². The number of hydrogen-bond donors (Lipinski definition) is 1. The Bertz CT molecular complexity index is 771. The van der Waals surface area contributed by atoms with E-state index in [4.69, 9.17) is 21.9 Å². The molecule has 114 valence electrons. The number of benzene rings is 1. The molecule has 0 aliphatic rings. The van der Waals surface area contributed by atoms with Gasteiger partial charge >= 0.3 is 0 Å². The Kier molecular flexibility index (Phi) is 4.27. The van der Waals surface area contributed by atoms with E-state index in [1.807, 2.05) is 0 Å². The van der Waals surface area contributed by atoms with Crippen LogP contribution in [-0.2, 0) is 16.6 Å². The third-order valence-corrected chi connectivity index (χ3v) is 5.26. The van der Waals surface area contributed by atoms with E-state index in [0.29, 0.717) is 22.7 Å². The molecule has 0 spiro atoms. The fraction of sp³-hybridized carbons (Fsp3) is 0.308. The minimum Gasteiger partial charge on any atom is -0.398 e. The molecule has 6 nitrogen and oxygen atoms in total. The molecule has 2 aromatic rings. The highest BCUT2D eigenvalue weighted by Gasteiger charge is 2.25. The highest BCUT2D eigenvalue weighted by molar-refractivity contribution is 7.89. The van der Waals surface area contributed by atoms with Crippen LogP contribution in [0.2, 0.25) is 5.02 Å². The van der Waals surface area contributed by atoms with E-state index in [2.05, 4.69) is 5.16 Å². The fourth-order valence-corrected chi connectivity index (χ4v) is 3.63. The molecule has 0 radical (unpaired) electrons. The van der Waals surface area contributed by atoms with Crippen molar-refractivity contribution in [3.8, 4) is 0 Å². The van der Waals surface area contributed by atoms with Crippen LogP contribution >= 0.6 is 11.6 Å². The Morgan fingerprint density at radius 1 is 1.33 bits per heavy atom. The van der Waals surface area contributed by atoms with Crippen molar-refractivity contribution in [2.75, 3.05) is 12.8 Å². The average Bonchev–Trinajstić information content (AvgIpc) is 2.79. The van der Waals surface area contributed by atoms with E-state index in [1.54, 1.807) is 19.9 Å². The largest absolute Gasteiger partial charge is 0.398 e. The van der Waals surface area contributed by atoms with Crippen LogP contribution in [0.5, 0.6) is 0 Å². The molecule has 0 fully saturated rings. The summed E-state index contributed by atoms with van der Waals surface area (Å²) in [5.74, 6) is 0.624. The van der Waals surface area contributed by atoms with Crippen LogP contribution in [0.4, 0.5) is 5.69 Å². The first-order valence-electron chi connectivity index (χ1n) is 6.16. The lowest BCUT2D eigenvalue weighted by Gasteiger charge is -2.18. The first kappa shape index (κ1) is 15.8. The van der Waals surface area contributed by atoms with E-state index in [9.17, 15) is 8.42 Å². The second kappa shape index (κ2) is 5.67. The zero-order valence-corrected chi connectivity index (χ0v) is 13.5. The van der Waals surface area contributed by atoms with Crippen LogP contribution in [0.1, 0.15) is 17.0 Å². The molecular weight excluding hydrogens is 314 g/mol. The van der Waals surface area contributed by atoms with Gasteiger partial charge in [0, 0.05) is 23.8 Å². The fourth-order valence-electron chi connectivity index (χ4n) is 1.92. The molecular formula is C13H16ClN3O3S. The summed E-state index contributed by atoms with van der Waals surface area (Å²) in [4.78, 5) is 0.0928. The number of anilines is 1. The zero-order chi connectivity index (χ0) is 15.8. The molecule has 8 heteroatoms. The normalized spacial score (nSPS) is 12.0. The van der Waals surface area contributed by atoms with Gasteiger partial charge in [0.15, 0.2) is 0 Å². The minimum atomic E-state index is -3.72. The third-order valence-electron chi connectivity index (χ3n) is 3.11. The molecule has 21 heavy (non-hydrogen) atoms. The molecule has 2 rings (SSSR count). The number of nitrogens with two attached hydrogens (primary N) is 1. The Balaban J connectivity index is 2.37. The van der Waals surface area contributed by atoms with Crippen molar-refractivity contribution in [1.29, 1.82) is 0 Å². The third kappa shape index (κ3) is 3.20. The maximum absolute atomic E-state index is 12.6. The SMILES string of the molecule is Cc1cc(CN(C)S(=O)(=O)c2cc(Cl)cc(N)c2C)no1. The van der Waals surface area contributed by atoms with Gasteiger partial charge in [-0.15, -0.1) is 0 Å². The van der Waals surface area contributed by atoms with Crippen molar-refractivity contribution in [3.05, 3.63) is 40.2 Å². The van der Waals surface area contributed by atoms with Gasteiger partial charge in [-0.2, -0.15) is 4.31 Å². The highest BCUT2D eigenvalue weighted by atomic mass is 35.5. The first-order valence-corrected chi connectivity index (χ1v) is 7.98. The Labute approximate surface area is 128 Å². The van der Waals surface area contributed by atoms with Gasteiger partial charge in [0.05, 0.1) is 17.1 Å². The van der Waals surface area contributed by atoms with E-state index < -0.39 is 10.0 Å². The standard InChI is InChI=1S/C13H16ClN3O3S/c1-8-4-11(16-20-8)7-17(3)21(18,19)13-6-10(14)5-12(15)9(13)2/h4-6H,7,15H2,1-3H3. The number of nitrogens with zero attached hydrogens (tertiary/aromatic N) is 2. The summed E-state index contributed by atoms with van der Waals surface area (Å²) in [6.07, 6.45) is 0. The topological polar surface area (TPSA) is 89.4 Å². The quantitative estimate of drug-likeness (QED) is 0.870. The van der Waals surface area contributed by atoms with E-state index >= 15 is 0 Å². The number of nitrogen functional groups attached to an aromatic ring is 1. The number of aryl methyl sites for hydroxylation is 1. The van der Waals surface area contributed by atoms with Crippen LogP contribution in [0.3, 0.4) is 0 Å². The molecule has 1 heterocycles. The van der Waals surface area contributed by atoms with Crippen molar-refractivity contribution < 1.29 is 12.9 Å². The molecule has 0 aliphatic heterocycles. The summed E-state index contributed by atoms with van der Waals surface area (Å²) >= 11 is 5.91. The van der Waals surface area contributed by atoms with E-state index in [0.717, 1.165) is 0 Å². The molecule has 0 atom stereocenters. The number of hydrogen-bond acceptors (Lipinski definition) is 5. The zero-order valence-electron chi connectivity index (χ0n) is 11.9. The summed E-state index contributed by atoms with van der Waals surface area (Å²) < 4.78 is 31.4. The lowest BCUT2D eigenvalue weighted by Crippen LogP contribution is -2.27. The van der Waals surface area contributed by atoms with Crippen molar-refractivity contribution in [3.63, 3.8) is 0 Å². The van der Waals surface area contributed by atoms with Crippen molar-refractivity contribution >= 4 is 27.3 Å². The molecule has 0 bridgehead atoms. The van der Waals surface area contributed by atoms with Gasteiger partial charge in [0.1, 0.15) is 5.76 Å².